The third kappa shape index (κ3) is 3.31. The van der Waals surface area contributed by atoms with Gasteiger partial charge in [-0.3, -0.25) is 0 Å². The molecule has 0 spiro atoms. The average molecular weight is 268 g/mol. The minimum absolute atomic E-state index is 0.200. The zero-order valence-corrected chi connectivity index (χ0v) is 11.2. The third-order valence-electron chi connectivity index (χ3n) is 3.58. The number of hydrogen-bond donors (Lipinski definition) is 0. The molecule has 0 saturated heterocycles. The zero-order valence-electron chi connectivity index (χ0n) is 11.2. The van der Waals surface area contributed by atoms with Crippen molar-refractivity contribution < 1.29 is 18.3 Å². The maximum atomic E-state index is 13.5. The van der Waals surface area contributed by atoms with Gasteiger partial charge in [0, 0.05) is 0 Å². The maximum absolute atomic E-state index is 13.5. The summed E-state index contributed by atoms with van der Waals surface area (Å²) in [7, 11) is 0. The van der Waals surface area contributed by atoms with E-state index in [1.165, 1.54) is 12.1 Å². The molecule has 0 aromatic heterocycles. The van der Waals surface area contributed by atoms with Gasteiger partial charge in [0.2, 0.25) is 0 Å². The summed E-state index contributed by atoms with van der Waals surface area (Å²) in [5.41, 5.74) is -0.328. The molecule has 1 saturated carbocycles. The molecule has 0 aliphatic heterocycles. The number of ether oxygens (including phenoxy) is 1. The third-order valence-corrected chi connectivity index (χ3v) is 3.58. The standard InChI is InChI=1S/C15H18F2O2/c1-9-6-10(2)8-11(7-9)19-15(18)12-4-3-5-13(16)14(12)17/h3-5,9-11H,6-8H2,1-2H3. The maximum Gasteiger partial charge on any atom is 0.341 e. The van der Waals surface area contributed by atoms with Crippen LogP contribution >= 0.6 is 0 Å². The first kappa shape index (κ1) is 14.0. The van der Waals surface area contributed by atoms with Crippen LogP contribution in [-0.4, -0.2) is 12.1 Å². The molecule has 0 N–H and O–H groups in total. The molecule has 2 rings (SSSR count). The first-order valence-electron chi connectivity index (χ1n) is 6.62. The Kier molecular flexibility index (Phi) is 4.17. The van der Waals surface area contributed by atoms with Gasteiger partial charge in [-0.15, -0.1) is 0 Å². The van der Waals surface area contributed by atoms with Gasteiger partial charge in [0.25, 0.3) is 0 Å². The zero-order chi connectivity index (χ0) is 14.0. The molecule has 2 atom stereocenters. The molecule has 0 heterocycles. The molecule has 1 aromatic rings. The Balaban J connectivity index is 2.06. The fourth-order valence-electron chi connectivity index (χ4n) is 2.85. The minimum Gasteiger partial charge on any atom is -0.459 e. The van der Waals surface area contributed by atoms with Gasteiger partial charge in [-0.1, -0.05) is 19.9 Å². The lowest BCUT2D eigenvalue weighted by Crippen LogP contribution is -2.28. The first-order chi connectivity index (χ1) is 8.97. The van der Waals surface area contributed by atoms with Crippen LogP contribution < -0.4 is 0 Å². The molecule has 0 amide bonds. The van der Waals surface area contributed by atoms with Crippen LogP contribution in [0.4, 0.5) is 8.78 Å². The lowest BCUT2D eigenvalue weighted by atomic mass is 9.82. The van der Waals surface area contributed by atoms with Crippen molar-refractivity contribution in [1.82, 2.24) is 0 Å². The number of esters is 1. The summed E-state index contributed by atoms with van der Waals surface area (Å²) in [6.45, 7) is 4.22. The largest absolute Gasteiger partial charge is 0.459 e. The first-order valence-corrected chi connectivity index (χ1v) is 6.62. The van der Waals surface area contributed by atoms with E-state index in [1.54, 1.807) is 0 Å². The van der Waals surface area contributed by atoms with Crippen LogP contribution in [0.3, 0.4) is 0 Å². The Bertz CT molecular complexity index is 463. The van der Waals surface area contributed by atoms with Crippen LogP contribution in [0.5, 0.6) is 0 Å². The van der Waals surface area contributed by atoms with E-state index >= 15 is 0 Å². The molecular formula is C15H18F2O2. The van der Waals surface area contributed by atoms with Crippen LogP contribution in [0, 0.1) is 23.5 Å². The fraction of sp³-hybridized carbons (Fsp3) is 0.533. The summed E-state index contributed by atoms with van der Waals surface area (Å²) >= 11 is 0. The summed E-state index contributed by atoms with van der Waals surface area (Å²) in [6, 6.07) is 3.54. The summed E-state index contributed by atoms with van der Waals surface area (Å²) in [6.07, 6.45) is 2.48. The van der Waals surface area contributed by atoms with Gasteiger partial charge >= 0.3 is 5.97 Å². The average Bonchev–Trinajstić information content (AvgIpc) is 2.31. The molecular weight excluding hydrogens is 250 g/mol. The fourth-order valence-corrected chi connectivity index (χ4v) is 2.85. The smallest absolute Gasteiger partial charge is 0.341 e. The highest BCUT2D eigenvalue weighted by Gasteiger charge is 2.28. The van der Waals surface area contributed by atoms with Crippen LogP contribution in [0.2, 0.25) is 0 Å². The van der Waals surface area contributed by atoms with Crippen molar-refractivity contribution in [3.63, 3.8) is 0 Å². The van der Waals surface area contributed by atoms with Gasteiger partial charge in [-0.05, 0) is 43.2 Å². The topological polar surface area (TPSA) is 26.3 Å². The van der Waals surface area contributed by atoms with E-state index in [4.69, 9.17) is 4.74 Å². The lowest BCUT2D eigenvalue weighted by molar-refractivity contribution is 0.00752. The number of carbonyl (C=O) groups is 1. The number of benzene rings is 1. The molecule has 0 bridgehead atoms. The molecule has 1 aliphatic carbocycles. The number of rotatable bonds is 2. The number of carbonyl (C=O) groups excluding carboxylic acids is 1. The molecule has 1 aliphatic rings. The van der Waals surface area contributed by atoms with Gasteiger partial charge in [0.05, 0.1) is 5.56 Å². The van der Waals surface area contributed by atoms with Crippen molar-refractivity contribution in [2.24, 2.45) is 11.8 Å². The van der Waals surface area contributed by atoms with Crippen LogP contribution in [-0.2, 0) is 4.74 Å². The Morgan fingerprint density at radius 1 is 1.16 bits per heavy atom. The van der Waals surface area contributed by atoms with Gasteiger partial charge in [-0.2, -0.15) is 0 Å². The van der Waals surface area contributed by atoms with Gasteiger partial charge in [0.1, 0.15) is 6.10 Å². The summed E-state index contributed by atoms with van der Waals surface area (Å²) in [4.78, 5) is 11.9. The molecule has 0 radical (unpaired) electrons. The molecule has 1 fully saturated rings. The van der Waals surface area contributed by atoms with Gasteiger partial charge in [0.15, 0.2) is 11.6 Å². The van der Waals surface area contributed by atoms with E-state index in [9.17, 15) is 13.6 Å². The van der Waals surface area contributed by atoms with Crippen molar-refractivity contribution >= 4 is 5.97 Å². The monoisotopic (exact) mass is 268 g/mol. The van der Waals surface area contributed by atoms with E-state index < -0.39 is 17.6 Å². The van der Waals surface area contributed by atoms with E-state index in [-0.39, 0.29) is 11.7 Å². The van der Waals surface area contributed by atoms with Crippen molar-refractivity contribution in [2.75, 3.05) is 0 Å². The number of halogens is 2. The Morgan fingerprint density at radius 2 is 1.79 bits per heavy atom. The van der Waals surface area contributed by atoms with E-state index in [1.807, 2.05) is 0 Å². The lowest BCUT2D eigenvalue weighted by Gasteiger charge is -2.31. The molecule has 104 valence electrons. The normalized spacial score (nSPS) is 27.1. The second-order valence-corrected chi connectivity index (χ2v) is 5.55. The Hall–Kier alpha value is -1.45. The van der Waals surface area contributed by atoms with Gasteiger partial charge < -0.3 is 4.74 Å². The number of hydrogen-bond acceptors (Lipinski definition) is 2. The predicted octanol–water partition coefficient (Wildman–Crippen LogP) is 3.95. The van der Waals surface area contributed by atoms with Crippen LogP contribution in [0.1, 0.15) is 43.5 Å². The summed E-state index contributed by atoms with van der Waals surface area (Å²) < 4.78 is 31.9. The van der Waals surface area contributed by atoms with E-state index in [2.05, 4.69) is 13.8 Å². The van der Waals surface area contributed by atoms with Crippen molar-refractivity contribution in [3.05, 3.63) is 35.4 Å². The van der Waals surface area contributed by atoms with Crippen molar-refractivity contribution in [2.45, 2.75) is 39.2 Å². The van der Waals surface area contributed by atoms with Crippen LogP contribution in [0.25, 0.3) is 0 Å². The molecule has 1 aromatic carbocycles. The van der Waals surface area contributed by atoms with E-state index in [0.717, 1.165) is 25.3 Å². The molecule has 4 heteroatoms. The summed E-state index contributed by atoms with van der Waals surface area (Å²) in [5, 5.41) is 0. The molecule has 2 unspecified atom stereocenters. The highest BCUT2D eigenvalue weighted by atomic mass is 19.2. The van der Waals surface area contributed by atoms with E-state index in [0.29, 0.717) is 11.8 Å². The van der Waals surface area contributed by atoms with Crippen molar-refractivity contribution in [1.29, 1.82) is 0 Å². The SMILES string of the molecule is CC1CC(C)CC(OC(=O)c2cccc(F)c2F)C1. The second-order valence-electron chi connectivity index (χ2n) is 5.55. The quantitative estimate of drug-likeness (QED) is 0.759. The van der Waals surface area contributed by atoms with Crippen molar-refractivity contribution in [3.8, 4) is 0 Å². The van der Waals surface area contributed by atoms with Gasteiger partial charge in [-0.25, -0.2) is 13.6 Å². The Labute approximate surface area is 111 Å². The molecule has 2 nitrogen and oxygen atoms in total. The highest BCUT2D eigenvalue weighted by Crippen LogP contribution is 2.31. The minimum atomic E-state index is -1.13. The highest BCUT2D eigenvalue weighted by molar-refractivity contribution is 5.89. The predicted molar refractivity (Wildman–Crippen MR) is 67.7 cm³/mol. The summed E-state index contributed by atoms with van der Waals surface area (Å²) in [5.74, 6) is -1.97. The second kappa shape index (κ2) is 5.68. The Morgan fingerprint density at radius 3 is 2.42 bits per heavy atom. The molecule has 19 heavy (non-hydrogen) atoms. The van der Waals surface area contributed by atoms with Crippen LogP contribution in [0.15, 0.2) is 18.2 Å².